The van der Waals surface area contributed by atoms with Crippen LogP contribution in [0.2, 0.25) is 0 Å². The van der Waals surface area contributed by atoms with E-state index in [0.717, 1.165) is 30.5 Å². The summed E-state index contributed by atoms with van der Waals surface area (Å²) in [5.74, 6) is 0.262. The van der Waals surface area contributed by atoms with E-state index in [4.69, 9.17) is 10.5 Å². The SMILES string of the molecule is CC1CCc2c(ccc(C(C=NC3CC3)=CN)c2OCC(F)(F)F)N1C. The maximum absolute atomic E-state index is 12.8. The van der Waals surface area contributed by atoms with E-state index in [9.17, 15) is 13.2 Å². The van der Waals surface area contributed by atoms with Crippen LogP contribution in [0.4, 0.5) is 18.9 Å². The highest BCUT2D eigenvalue weighted by Crippen LogP contribution is 2.41. The number of hydrogen-bond donors (Lipinski definition) is 1. The van der Waals surface area contributed by atoms with Gasteiger partial charge in [0.2, 0.25) is 0 Å². The quantitative estimate of drug-likeness (QED) is 0.802. The molecule has 1 heterocycles. The molecule has 1 unspecified atom stereocenters. The van der Waals surface area contributed by atoms with Gasteiger partial charge in [0.15, 0.2) is 6.61 Å². The molecule has 0 bridgehead atoms. The van der Waals surface area contributed by atoms with Crippen molar-refractivity contribution in [3.8, 4) is 5.75 Å². The van der Waals surface area contributed by atoms with Gasteiger partial charge in [0.05, 0.1) is 6.04 Å². The Morgan fingerprint density at radius 2 is 2.08 bits per heavy atom. The minimum absolute atomic E-state index is 0.262. The molecule has 1 fully saturated rings. The van der Waals surface area contributed by atoms with Gasteiger partial charge in [-0.15, -0.1) is 0 Å². The molecular formula is C19H24F3N3O. The van der Waals surface area contributed by atoms with Gasteiger partial charge < -0.3 is 15.4 Å². The number of nitrogens with two attached hydrogens (primary N) is 1. The molecule has 1 atom stereocenters. The van der Waals surface area contributed by atoms with E-state index in [1.165, 1.54) is 6.20 Å². The van der Waals surface area contributed by atoms with Crippen LogP contribution in [0.25, 0.3) is 5.57 Å². The molecule has 1 aliphatic heterocycles. The molecule has 1 aromatic rings. The Bertz CT molecular complexity index is 723. The topological polar surface area (TPSA) is 50.9 Å². The van der Waals surface area contributed by atoms with Gasteiger partial charge in [-0.1, -0.05) is 0 Å². The Labute approximate surface area is 151 Å². The highest BCUT2D eigenvalue weighted by Gasteiger charge is 2.31. The summed E-state index contributed by atoms with van der Waals surface area (Å²) < 4.78 is 43.6. The highest BCUT2D eigenvalue weighted by molar-refractivity contribution is 6.11. The molecule has 1 aromatic carbocycles. The number of ether oxygens (including phenoxy) is 1. The number of aliphatic imine (C=N–C) groups is 1. The van der Waals surface area contributed by atoms with E-state index in [0.29, 0.717) is 29.6 Å². The maximum atomic E-state index is 12.8. The zero-order valence-electron chi connectivity index (χ0n) is 15.0. The van der Waals surface area contributed by atoms with E-state index >= 15 is 0 Å². The molecule has 26 heavy (non-hydrogen) atoms. The van der Waals surface area contributed by atoms with Crippen molar-refractivity contribution in [1.29, 1.82) is 0 Å². The van der Waals surface area contributed by atoms with Gasteiger partial charge in [-0.2, -0.15) is 13.2 Å². The highest BCUT2D eigenvalue weighted by atomic mass is 19.4. The summed E-state index contributed by atoms with van der Waals surface area (Å²) in [7, 11) is 1.95. The first-order chi connectivity index (χ1) is 12.3. The van der Waals surface area contributed by atoms with Gasteiger partial charge in [-0.25, -0.2) is 0 Å². The van der Waals surface area contributed by atoms with Crippen LogP contribution >= 0.6 is 0 Å². The van der Waals surface area contributed by atoms with Crippen molar-refractivity contribution in [2.75, 3.05) is 18.6 Å². The fraction of sp³-hybridized carbons (Fsp3) is 0.526. The molecule has 7 heteroatoms. The second kappa shape index (κ2) is 7.21. The molecule has 0 aromatic heterocycles. The van der Waals surface area contributed by atoms with Crippen LogP contribution in [0.3, 0.4) is 0 Å². The molecule has 3 rings (SSSR count). The normalized spacial score (nSPS) is 21.2. The molecule has 2 aliphatic rings. The predicted molar refractivity (Wildman–Crippen MR) is 97.9 cm³/mol. The fourth-order valence-electron chi connectivity index (χ4n) is 3.13. The second-order valence-electron chi connectivity index (χ2n) is 6.97. The van der Waals surface area contributed by atoms with Gasteiger partial charge >= 0.3 is 6.18 Å². The summed E-state index contributed by atoms with van der Waals surface area (Å²) in [6.45, 7) is 0.772. The Balaban J connectivity index is 2.02. The molecule has 142 valence electrons. The Morgan fingerprint density at radius 1 is 1.35 bits per heavy atom. The van der Waals surface area contributed by atoms with Crippen LogP contribution in [0.5, 0.6) is 5.75 Å². The molecule has 0 saturated heterocycles. The van der Waals surface area contributed by atoms with Crippen LogP contribution in [0, 0.1) is 0 Å². The predicted octanol–water partition coefficient (Wildman–Crippen LogP) is 3.93. The molecular weight excluding hydrogens is 343 g/mol. The smallest absolute Gasteiger partial charge is 0.422 e. The molecule has 0 radical (unpaired) electrons. The summed E-state index contributed by atoms with van der Waals surface area (Å²) in [6, 6.07) is 4.32. The Kier molecular flexibility index (Phi) is 5.16. The second-order valence-corrected chi connectivity index (χ2v) is 6.97. The average Bonchev–Trinajstić information content (AvgIpc) is 3.40. The van der Waals surface area contributed by atoms with Crippen LogP contribution in [0.1, 0.15) is 37.3 Å². The van der Waals surface area contributed by atoms with Crippen molar-refractivity contribution in [3.05, 3.63) is 29.5 Å². The van der Waals surface area contributed by atoms with Crippen molar-refractivity contribution in [2.24, 2.45) is 10.7 Å². The van der Waals surface area contributed by atoms with Crippen LogP contribution < -0.4 is 15.4 Å². The lowest BCUT2D eigenvalue weighted by Gasteiger charge is -2.35. The van der Waals surface area contributed by atoms with Crippen molar-refractivity contribution < 1.29 is 17.9 Å². The lowest BCUT2D eigenvalue weighted by Crippen LogP contribution is -2.34. The zero-order valence-corrected chi connectivity index (χ0v) is 15.0. The monoisotopic (exact) mass is 367 g/mol. The molecule has 0 spiro atoms. The van der Waals surface area contributed by atoms with Crippen molar-refractivity contribution in [3.63, 3.8) is 0 Å². The summed E-state index contributed by atoms with van der Waals surface area (Å²) in [4.78, 5) is 6.49. The number of alkyl halides is 3. The van der Waals surface area contributed by atoms with Crippen molar-refractivity contribution >= 4 is 17.5 Å². The van der Waals surface area contributed by atoms with Gasteiger partial charge in [-0.3, -0.25) is 4.99 Å². The van der Waals surface area contributed by atoms with Crippen LogP contribution in [-0.4, -0.2) is 38.1 Å². The van der Waals surface area contributed by atoms with Gasteiger partial charge in [0.1, 0.15) is 5.75 Å². The van der Waals surface area contributed by atoms with E-state index in [1.807, 2.05) is 13.1 Å². The van der Waals surface area contributed by atoms with E-state index in [1.54, 1.807) is 12.3 Å². The van der Waals surface area contributed by atoms with Crippen LogP contribution in [-0.2, 0) is 6.42 Å². The standard InChI is InChI=1S/C19H24F3N3O/c1-12-3-6-16-17(25(12)2)8-7-15(18(16)26-11-19(20,21)22)13(9-23)10-24-14-4-5-14/h7-10,12,14H,3-6,11,23H2,1-2H3. The Morgan fingerprint density at radius 3 is 2.69 bits per heavy atom. The number of nitrogens with zero attached hydrogens (tertiary/aromatic N) is 2. The molecule has 1 aliphatic carbocycles. The molecule has 1 saturated carbocycles. The maximum Gasteiger partial charge on any atom is 0.422 e. The summed E-state index contributed by atoms with van der Waals surface area (Å²) in [6.07, 6.45) is 2.23. The molecule has 4 nitrogen and oxygen atoms in total. The third kappa shape index (κ3) is 4.14. The lowest BCUT2D eigenvalue weighted by molar-refractivity contribution is -0.153. The third-order valence-electron chi connectivity index (χ3n) is 4.93. The first-order valence-corrected chi connectivity index (χ1v) is 8.84. The third-order valence-corrected chi connectivity index (χ3v) is 4.93. The zero-order chi connectivity index (χ0) is 18.9. The van der Waals surface area contributed by atoms with E-state index in [2.05, 4.69) is 16.8 Å². The van der Waals surface area contributed by atoms with Gasteiger partial charge in [0, 0.05) is 47.9 Å². The minimum Gasteiger partial charge on any atom is -0.483 e. The number of benzene rings is 1. The Hall–Kier alpha value is -2.18. The summed E-state index contributed by atoms with van der Waals surface area (Å²) in [5.41, 5.74) is 8.59. The number of halogens is 3. The largest absolute Gasteiger partial charge is 0.483 e. The number of hydrogen-bond acceptors (Lipinski definition) is 4. The van der Waals surface area contributed by atoms with Crippen molar-refractivity contribution in [2.45, 2.75) is 50.9 Å². The fourth-order valence-corrected chi connectivity index (χ4v) is 3.13. The lowest BCUT2D eigenvalue weighted by atomic mass is 9.92. The molecule has 0 amide bonds. The first-order valence-electron chi connectivity index (χ1n) is 8.84. The molecule has 2 N–H and O–H groups in total. The van der Waals surface area contributed by atoms with Gasteiger partial charge in [-0.05, 0) is 44.7 Å². The summed E-state index contributed by atoms with van der Waals surface area (Å²) >= 11 is 0. The number of rotatable bonds is 5. The summed E-state index contributed by atoms with van der Waals surface area (Å²) in [5, 5.41) is 0. The van der Waals surface area contributed by atoms with E-state index in [-0.39, 0.29) is 5.75 Å². The number of anilines is 1. The first kappa shape index (κ1) is 18.6. The van der Waals surface area contributed by atoms with Crippen molar-refractivity contribution in [1.82, 2.24) is 0 Å². The number of allylic oxidation sites excluding steroid dienone is 1. The number of fused-ring (bicyclic) bond motifs is 1. The van der Waals surface area contributed by atoms with Crippen LogP contribution in [0.15, 0.2) is 23.3 Å². The average molecular weight is 367 g/mol. The van der Waals surface area contributed by atoms with Gasteiger partial charge in [0.25, 0.3) is 0 Å². The van der Waals surface area contributed by atoms with E-state index < -0.39 is 12.8 Å². The minimum atomic E-state index is -4.40.